The summed E-state index contributed by atoms with van der Waals surface area (Å²) in [7, 11) is 3.25. The normalized spacial score (nSPS) is 17.5. The molecule has 0 fully saturated rings. The van der Waals surface area contributed by atoms with Crippen LogP contribution in [0.2, 0.25) is 0 Å². The van der Waals surface area contributed by atoms with Gasteiger partial charge in [0.05, 0.1) is 20.8 Å². The van der Waals surface area contributed by atoms with Crippen LogP contribution in [0.4, 0.5) is 0 Å². The number of benzene rings is 2. The molecule has 7 nitrogen and oxygen atoms in total. The first kappa shape index (κ1) is 24.6. The Balaban J connectivity index is 1.69. The van der Waals surface area contributed by atoms with Crippen LogP contribution in [0.15, 0.2) is 48.5 Å². The summed E-state index contributed by atoms with van der Waals surface area (Å²) in [5.41, 5.74) is 1.46. The van der Waals surface area contributed by atoms with Gasteiger partial charge in [-0.1, -0.05) is 32.0 Å². The third-order valence-corrected chi connectivity index (χ3v) is 6.93. The molecule has 1 aliphatic heterocycles. The fraction of sp³-hybridized carbons (Fsp3) is 0.429. The Morgan fingerprint density at radius 1 is 1.11 bits per heavy atom. The number of aromatic nitrogens is 1. The predicted molar refractivity (Wildman–Crippen MR) is 137 cm³/mol. The molecule has 0 aliphatic carbocycles. The van der Waals surface area contributed by atoms with Crippen LogP contribution < -0.4 is 14.8 Å². The van der Waals surface area contributed by atoms with Gasteiger partial charge >= 0.3 is 0 Å². The van der Waals surface area contributed by atoms with Crippen molar-refractivity contribution in [1.82, 2.24) is 14.8 Å². The maximum Gasteiger partial charge on any atom is 0.271 e. The first-order valence-corrected chi connectivity index (χ1v) is 12.2. The molecule has 7 heteroatoms. The minimum absolute atomic E-state index is 0.132. The van der Waals surface area contributed by atoms with Crippen LogP contribution in [0, 0.1) is 5.92 Å². The van der Waals surface area contributed by atoms with Crippen LogP contribution in [0.1, 0.15) is 43.2 Å². The molecule has 0 unspecified atom stereocenters. The Kier molecular flexibility index (Phi) is 7.05. The number of rotatable bonds is 9. The van der Waals surface area contributed by atoms with Crippen LogP contribution in [-0.2, 0) is 17.8 Å². The maximum atomic E-state index is 13.9. The van der Waals surface area contributed by atoms with Crippen LogP contribution in [-0.4, -0.2) is 54.1 Å². The SMILES string of the molecule is COc1ccc(OC)c(CCN2C(=O)c3cc4ccccc4n3C[C@@]2(C)C(=O)NCCC(C)C)c1. The molecule has 0 saturated heterocycles. The average molecular weight is 478 g/mol. The van der Waals surface area contributed by atoms with Crippen molar-refractivity contribution in [3.05, 3.63) is 59.8 Å². The van der Waals surface area contributed by atoms with Crippen molar-refractivity contribution in [3.8, 4) is 11.5 Å². The van der Waals surface area contributed by atoms with Crippen molar-refractivity contribution in [2.24, 2.45) is 5.92 Å². The number of hydrogen-bond donors (Lipinski definition) is 1. The van der Waals surface area contributed by atoms with E-state index in [0.29, 0.717) is 37.7 Å². The minimum atomic E-state index is -1.03. The van der Waals surface area contributed by atoms with Gasteiger partial charge in [-0.3, -0.25) is 9.59 Å². The molecule has 3 aromatic rings. The monoisotopic (exact) mass is 477 g/mol. The third kappa shape index (κ3) is 4.72. The van der Waals surface area contributed by atoms with Crippen LogP contribution in [0.25, 0.3) is 10.9 Å². The molecule has 1 aliphatic rings. The Morgan fingerprint density at radius 2 is 1.89 bits per heavy atom. The number of carbonyl (C=O) groups is 2. The van der Waals surface area contributed by atoms with Crippen molar-refractivity contribution in [2.45, 2.75) is 45.7 Å². The number of nitrogens with one attached hydrogen (secondary N) is 1. The van der Waals surface area contributed by atoms with Crippen LogP contribution >= 0.6 is 0 Å². The maximum absolute atomic E-state index is 13.9. The van der Waals surface area contributed by atoms with Crippen molar-refractivity contribution >= 4 is 22.7 Å². The van der Waals surface area contributed by atoms with Crippen molar-refractivity contribution in [1.29, 1.82) is 0 Å². The van der Waals surface area contributed by atoms with Crippen LogP contribution in [0.3, 0.4) is 0 Å². The molecule has 1 atom stereocenters. The van der Waals surface area contributed by atoms with E-state index >= 15 is 0 Å². The van der Waals surface area contributed by atoms with E-state index in [0.717, 1.165) is 34.4 Å². The Labute approximate surface area is 207 Å². The van der Waals surface area contributed by atoms with Gasteiger partial charge in [0.25, 0.3) is 5.91 Å². The molecule has 0 bridgehead atoms. The summed E-state index contributed by atoms with van der Waals surface area (Å²) in [4.78, 5) is 29.2. The van der Waals surface area contributed by atoms with Crippen LogP contribution in [0.5, 0.6) is 11.5 Å². The zero-order valence-corrected chi connectivity index (χ0v) is 21.3. The smallest absolute Gasteiger partial charge is 0.271 e. The topological polar surface area (TPSA) is 72.8 Å². The molecule has 186 valence electrons. The summed E-state index contributed by atoms with van der Waals surface area (Å²) < 4.78 is 12.9. The number of carbonyl (C=O) groups excluding carboxylic acids is 2. The van der Waals surface area contributed by atoms with E-state index in [2.05, 4.69) is 19.2 Å². The number of nitrogens with zero attached hydrogens (tertiary/aromatic N) is 2. The number of amides is 2. The Bertz CT molecular complexity index is 1230. The molecule has 0 radical (unpaired) electrons. The van der Waals surface area contributed by atoms with Crippen molar-refractivity contribution in [3.63, 3.8) is 0 Å². The van der Waals surface area contributed by atoms with Gasteiger partial charge in [0.15, 0.2) is 0 Å². The molecule has 0 spiro atoms. The van der Waals surface area contributed by atoms with Gasteiger partial charge in [-0.15, -0.1) is 0 Å². The standard InChI is InChI=1S/C28H35N3O4/c1-19(2)12-14-29-27(33)28(3)18-30-23-9-7-6-8-20(23)17-24(30)26(32)31(28)15-13-21-16-22(34-4)10-11-25(21)35-5/h6-11,16-17,19H,12-15,18H2,1-5H3,(H,29,33)/t28-/m0/s1. The van der Waals surface area contributed by atoms with Crippen molar-refractivity contribution < 1.29 is 19.1 Å². The summed E-state index contributed by atoms with van der Waals surface area (Å²) >= 11 is 0. The van der Waals surface area contributed by atoms with Gasteiger partial charge in [0.2, 0.25) is 5.91 Å². The fourth-order valence-corrected chi connectivity index (χ4v) is 4.83. The number of hydrogen-bond acceptors (Lipinski definition) is 4. The Hall–Kier alpha value is -3.48. The van der Waals surface area contributed by atoms with Gasteiger partial charge in [-0.05, 0) is 61.6 Å². The van der Waals surface area contributed by atoms with Gasteiger partial charge in [0, 0.05) is 24.0 Å². The lowest BCUT2D eigenvalue weighted by molar-refractivity contribution is -0.132. The molecule has 1 N–H and O–H groups in total. The van der Waals surface area contributed by atoms with Gasteiger partial charge in [0.1, 0.15) is 22.7 Å². The number of fused-ring (bicyclic) bond motifs is 3. The molecule has 35 heavy (non-hydrogen) atoms. The minimum Gasteiger partial charge on any atom is -0.497 e. The first-order valence-electron chi connectivity index (χ1n) is 12.2. The van der Waals surface area contributed by atoms with Gasteiger partial charge < -0.3 is 24.3 Å². The number of para-hydroxylation sites is 1. The summed E-state index contributed by atoms with van der Waals surface area (Å²) in [6.07, 6.45) is 1.41. The van der Waals surface area contributed by atoms with E-state index in [-0.39, 0.29) is 11.8 Å². The predicted octanol–water partition coefficient (Wildman–Crippen LogP) is 4.28. The summed E-state index contributed by atoms with van der Waals surface area (Å²) in [6, 6.07) is 15.5. The van der Waals surface area contributed by atoms with E-state index in [1.807, 2.05) is 60.0 Å². The van der Waals surface area contributed by atoms with Gasteiger partial charge in [-0.2, -0.15) is 0 Å². The number of ether oxygens (including phenoxy) is 2. The highest BCUT2D eigenvalue weighted by molar-refractivity contribution is 6.03. The molecule has 0 saturated carbocycles. The molecule has 4 rings (SSSR count). The van der Waals surface area contributed by atoms with E-state index < -0.39 is 5.54 Å². The molecule has 2 heterocycles. The zero-order chi connectivity index (χ0) is 25.2. The molecule has 2 amide bonds. The van der Waals surface area contributed by atoms with E-state index in [9.17, 15) is 9.59 Å². The summed E-state index contributed by atoms with van der Waals surface area (Å²) in [5, 5.41) is 4.09. The quantitative estimate of drug-likeness (QED) is 0.499. The Morgan fingerprint density at radius 3 is 2.60 bits per heavy atom. The van der Waals surface area contributed by atoms with E-state index in [1.165, 1.54) is 0 Å². The zero-order valence-electron chi connectivity index (χ0n) is 21.3. The fourth-order valence-electron chi connectivity index (χ4n) is 4.83. The molecule has 2 aromatic carbocycles. The number of methoxy groups -OCH3 is 2. The molecular formula is C28H35N3O4. The average Bonchev–Trinajstić information content (AvgIpc) is 3.22. The third-order valence-electron chi connectivity index (χ3n) is 6.93. The second kappa shape index (κ2) is 10.0. The summed E-state index contributed by atoms with van der Waals surface area (Å²) in [5.74, 6) is 1.66. The highest BCUT2D eigenvalue weighted by Gasteiger charge is 2.47. The van der Waals surface area contributed by atoms with E-state index in [1.54, 1.807) is 19.1 Å². The lowest BCUT2D eigenvalue weighted by Crippen LogP contribution is -2.64. The lowest BCUT2D eigenvalue weighted by Gasteiger charge is -2.44. The highest BCUT2D eigenvalue weighted by atomic mass is 16.5. The highest BCUT2D eigenvalue weighted by Crippen LogP contribution is 2.33. The first-order chi connectivity index (χ1) is 16.8. The molecular weight excluding hydrogens is 442 g/mol. The molecule has 1 aromatic heterocycles. The second-order valence-corrected chi connectivity index (χ2v) is 9.77. The summed E-state index contributed by atoms with van der Waals surface area (Å²) in [6.45, 7) is 7.48. The second-order valence-electron chi connectivity index (χ2n) is 9.77. The lowest BCUT2D eigenvalue weighted by atomic mass is 9.93. The van der Waals surface area contributed by atoms with Crippen molar-refractivity contribution in [2.75, 3.05) is 27.3 Å². The van der Waals surface area contributed by atoms with E-state index in [4.69, 9.17) is 9.47 Å². The van der Waals surface area contributed by atoms with Gasteiger partial charge in [-0.25, -0.2) is 0 Å². The largest absolute Gasteiger partial charge is 0.497 e.